The van der Waals surface area contributed by atoms with Crippen LogP contribution < -0.4 is 15.0 Å². The molecule has 2 aromatic rings. The van der Waals surface area contributed by atoms with Gasteiger partial charge in [-0.1, -0.05) is 0 Å². The van der Waals surface area contributed by atoms with Crippen LogP contribution in [0.25, 0.3) is 0 Å². The smallest absolute Gasteiger partial charge is 0.258 e. The summed E-state index contributed by atoms with van der Waals surface area (Å²) >= 11 is 0. The first kappa shape index (κ1) is 17.2. The lowest BCUT2D eigenvalue weighted by Crippen LogP contribution is -2.37. The Morgan fingerprint density at radius 3 is 2.40 bits per heavy atom. The Kier molecular flexibility index (Phi) is 5.45. The summed E-state index contributed by atoms with van der Waals surface area (Å²) in [6, 6.07) is 7.26. The molecule has 25 heavy (non-hydrogen) atoms. The summed E-state index contributed by atoms with van der Waals surface area (Å²) in [5.74, 6) is 1.15. The van der Waals surface area contributed by atoms with Crippen LogP contribution in [0.15, 0.2) is 36.7 Å². The zero-order valence-corrected chi connectivity index (χ0v) is 14.4. The molecule has 1 amide bonds. The van der Waals surface area contributed by atoms with Crippen molar-refractivity contribution in [2.75, 3.05) is 36.5 Å². The molecule has 2 heterocycles. The summed E-state index contributed by atoms with van der Waals surface area (Å²) in [7, 11) is 0. The molecule has 0 saturated carbocycles. The summed E-state index contributed by atoms with van der Waals surface area (Å²) < 4.78 is 10.9. The highest BCUT2D eigenvalue weighted by Crippen LogP contribution is 2.18. The van der Waals surface area contributed by atoms with E-state index in [1.807, 2.05) is 30.9 Å². The maximum absolute atomic E-state index is 12.3. The van der Waals surface area contributed by atoms with Gasteiger partial charge in [0.25, 0.3) is 5.91 Å². The number of carbonyl (C=O) groups is 1. The van der Waals surface area contributed by atoms with Gasteiger partial charge in [-0.15, -0.1) is 0 Å². The molecule has 0 radical (unpaired) electrons. The summed E-state index contributed by atoms with van der Waals surface area (Å²) in [4.78, 5) is 22.9. The van der Waals surface area contributed by atoms with E-state index in [4.69, 9.17) is 9.47 Å². The van der Waals surface area contributed by atoms with Crippen LogP contribution in [-0.2, 0) is 4.74 Å². The third-order valence-corrected chi connectivity index (χ3v) is 3.68. The number of aromatic nitrogens is 2. The van der Waals surface area contributed by atoms with Gasteiger partial charge in [-0.25, -0.2) is 9.97 Å². The standard InChI is InChI=1S/C18H22N4O3/c1-13(2)25-16-5-3-15(4-6-16)21-17(23)14-11-19-18(20-12-14)22-7-9-24-10-8-22/h3-6,11-13H,7-10H2,1-2H3,(H,21,23). The molecule has 132 valence electrons. The van der Waals surface area contributed by atoms with Crippen LogP contribution in [0.1, 0.15) is 24.2 Å². The Morgan fingerprint density at radius 1 is 1.16 bits per heavy atom. The fraction of sp³-hybridized carbons (Fsp3) is 0.389. The molecule has 1 aliphatic rings. The summed E-state index contributed by atoms with van der Waals surface area (Å²) in [5, 5.41) is 2.83. The van der Waals surface area contributed by atoms with E-state index in [0.29, 0.717) is 30.4 Å². The van der Waals surface area contributed by atoms with Crippen molar-refractivity contribution < 1.29 is 14.3 Å². The van der Waals surface area contributed by atoms with E-state index in [1.54, 1.807) is 24.5 Å². The second-order valence-electron chi connectivity index (χ2n) is 6.02. The van der Waals surface area contributed by atoms with E-state index in [-0.39, 0.29) is 12.0 Å². The van der Waals surface area contributed by atoms with Crippen molar-refractivity contribution in [3.05, 3.63) is 42.2 Å². The molecule has 1 saturated heterocycles. The first-order chi connectivity index (χ1) is 12.1. The number of amides is 1. The lowest BCUT2D eigenvalue weighted by atomic mass is 10.2. The minimum Gasteiger partial charge on any atom is -0.491 e. The van der Waals surface area contributed by atoms with Gasteiger partial charge in [-0.3, -0.25) is 4.79 Å². The third-order valence-electron chi connectivity index (χ3n) is 3.68. The molecule has 7 nitrogen and oxygen atoms in total. The summed E-state index contributed by atoms with van der Waals surface area (Å²) in [6.07, 6.45) is 3.20. The lowest BCUT2D eigenvalue weighted by molar-refractivity contribution is 0.102. The van der Waals surface area contributed by atoms with Crippen LogP contribution in [-0.4, -0.2) is 48.3 Å². The predicted octanol–water partition coefficient (Wildman–Crippen LogP) is 2.35. The van der Waals surface area contributed by atoms with Crippen molar-refractivity contribution >= 4 is 17.5 Å². The van der Waals surface area contributed by atoms with Crippen LogP contribution in [0.4, 0.5) is 11.6 Å². The number of carbonyl (C=O) groups excluding carboxylic acids is 1. The topological polar surface area (TPSA) is 76.6 Å². The van der Waals surface area contributed by atoms with E-state index in [1.165, 1.54) is 0 Å². The van der Waals surface area contributed by atoms with E-state index in [0.717, 1.165) is 18.8 Å². The monoisotopic (exact) mass is 342 g/mol. The number of hydrogen-bond donors (Lipinski definition) is 1. The molecule has 1 aromatic heterocycles. The van der Waals surface area contributed by atoms with Crippen molar-refractivity contribution in [1.29, 1.82) is 0 Å². The molecule has 0 aliphatic carbocycles. The van der Waals surface area contributed by atoms with Crippen molar-refractivity contribution in [2.24, 2.45) is 0 Å². The molecular weight excluding hydrogens is 320 g/mol. The maximum Gasteiger partial charge on any atom is 0.258 e. The Hall–Kier alpha value is -2.67. The molecule has 1 fully saturated rings. The average molecular weight is 342 g/mol. The van der Waals surface area contributed by atoms with Gasteiger partial charge >= 0.3 is 0 Å². The molecule has 1 aromatic carbocycles. The van der Waals surface area contributed by atoms with Crippen LogP contribution in [0.2, 0.25) is 0 Å². The SMILES string of the molecule is CC(C)Oc1ccc(NC(=O)c2cnc(N3CCOCC3)nc2)cc1. The average Bonchev–Trinajstić information content (AvgIpc) is 2.64. The molecule has 0 bridgehead atoms. The minimum atomic E-state index is -0.244. The van der Waals surface area contributed by atoms with Gasteiger partial charge in [0.2, 0.25) is 5.95 Å². The normalized spacial score (nSPS) is 14.4. The number of nitrogens with one attached hydrogen (secondary N) is 1. The molecule has 1 aliphatic heterocycles. The van der Waals surface area contributed by atoms with Gasteiger partial charge in [0.15, 0.2) is 0 Å². The number of rotatable bonds is 5. The Morgan fingerprint density at radius 2 is 1.80 bits per heavy atom. The van der Waals surface area contributed by atoms with Gasteiger partial charge in [-0.2, -0.15) is 0 Å². The van der Waals surface area contributed by atoms with Crippen molar-refractivity contribution in [3.8, 4) is 5.75 Å². The molecule has 3 rings (SSSR count). The summed E-state index contributed by atoms with van der Waals surface area (Å²) in [6.45, 7) is 6.80. The fourth-order valence-corrected chi connectivity index (χ4v) is 2.46. The number of benzene rings is 1. The van der Waals surface area contributed by atoms with Crippen molar-refractivity contribution in [1.82, 2.24) is 9.97 Å². The van der Waals surface area contributed by atoms with E-state index in [9.17, 15) is 4.79 Å². The van der Waals surface area contributed by atoms with Crippen LogP contribution in [0.3, 0.4) is 0 Å². The maximum atomic E-state index is 12.3. The molecule has 7 heteroatoms. The van der Waals surface area contributed by atoms with Crippen molar-refractivity contribution in [2.45, 2.75) is 20.0 Å². The number of ether oxygens (including phenoxy) is 2. The Bertz CT molecular complexity index is 695. The molecule has 1 N–H and O–H groups in total. The minimum absolute atomic E-state index is 0.113. The zero-order valence-electron chi connectivity index (χ0n) is 14.4. The van der Waals surface area contributed by atoms with Gasteiger partial charge in [-0.05, 0) is 38.1 Å². The fourth-order valence-electron chi connectivity index (χ4n) is 2.46. The molecule has 0 spiro atoms. The molecular formula is C18H22N4O3. The Balaban J connectivity index is 1.60. The quantitative estimate of drug-likeness (QED) is 0.899. The number of hydrogen-bond acceptors (Lipinski definition) is 6. The summed E-state index contributed by atoms with van der Waals surface area (Å²) in [5.41, 5.74) is 1.11. The van der Waals surface area contributed by atoms with Crippen molar-refractivity contribution in [3.63, 3.8) is 0 Å². The first-order valence-electron chi connectivity index (χ1n) is 8.34. The van der Waals surface area contributed by atoms with E-state index in [2.05, 4.69) is 15.3 Å². The van der Waals surface area contributed by atoms with Gasteiger partial charge in [0, 0.05) is 31.2 Å². The highest BCUT2D eigenvalue weighted by atomic mass is 16.5. The van der Waals surface area contributed by atoms with Gasteiger partial charge in [0.05, 0.1) is 24.9 Å². The zero-order chi connectivity index (χ0) is 17.6. The molecule has 0 unspecified atom stereocenters. The van der Waals surface area contributed by atoms with Crippen LogP contribution in [0.5, 0.6) is 5.75 Å². The van der Waals surface area contributed by atoms with Crippen LogP contribution >= 0.6 is 0 Å². The highest BCUT2D eigenvalue weighted by Gasteiger charge is 2.15. The Labute approximate surface area is 147 Å². The predicted molar refractivity (Wildman–Crippen MR) is 95.2 cm³/mol. The second kappa shape index (κ2) is 7.94. The van der Waals surface area contributed by atoms with E-state index < -0.39 is 0 Å². The van der Waals surface area contributed by atoms with Gasteiger partial charge in [0.1, 0.15) is 5.75 Å². The number of morpholine rings is 1. The second-order valence-corrected chi connectivity index (χ2v) is 6.02. The first-order valence-corrected chi connectivity index (χ1v) is 8.34. The van der Waals surface area contributed by atoms with E-state index >= 15 is 0 Å². The third kappa shape index (κ3) is 4.67. The van der Waals surface area contributed by atoms with Gasteiger partial charge < -0.3 is 19.7 Å². The lowest BCUT2D eigenvalue weighted by Gasteiger charge is -2.26. The number of anilines is 2. The molecule has 0 atom stereocenters. The number of nitrogens with zero attached hydrogens (tertiary/aromatic N) is 3. The van der Waals surface area contributed by atoms with Crippen LogP contribution in [0, 0.1) is 0 Å². The largest absolute Gasteiger partial charge is 0.491 e. The highest BCUT2D eigenvalue weighted by molar-refractivity contribution is 6.03.